The van der Waals surface area contributed by atoms with Crippen molar-refractivity contribution in [2.45, 2.75) is 4.90 Å². The third-order valence-corrected chi connectivity index (χ3v) is 6.59. The van der Waals surface area contributed by atoms with E-state index in [9.17, 15) is 8.42 Å². The molecule has 0 atom stereocenters. The summed E-state index contributed by atoms with van der Waals surface area (Å²) in [5, 5.41) is 0. The van der Waals surface area contributed by atoms with Gasteiger partial charge < -0.3 is 9.64 Å². The Morgan fingerprint density at radius 1 is 0.906 bits per heavy atom. The highest BCUT2D eigenvalue weighted by Crippen LogP contribution is 2.29. The smallest absolute Gasteiger partial charge is 0.264 e. The van der Waals surface area contributed by atoms with Gasteiger partial charge in [-0.2, -0.15) is 0 Å². The van der Waals surface area contributed by atoms with Crippen molar-refractivity contribution in [3.05, 3.63) is 84.2 Å². The summed E-state index contributed by atoms with van der Waals surface area (Å²) in [7, 11) is 1.63. The van der Waals surface area contributed by atoms with Crippen molar-refractivity contribution in [1.29, 1.82) is 0 Å². The van der Waals surface area contributed by atoms with Crippen molar-refractivity contribution in [3.8, 4) is 5.75 Å². The third-order valence-electron chi connectivity index (χ3n) is 4.76. The molecule has 32 heavy (non-hydrogen) atoms. The number of aromatic nitrogens is 1. The minimum atomic E-state index is -3.77. The van der Waals surface area contributed by atoms with Crippen LogP contribution >= 0.6 is 12.4 Å². The molecule has 0 N–H and O–H groups in total. The number of sulfonamides is 1. The molecular formula is C24H28ClN3O3S. The van der Waals surface area contributed by atoms with Gasteiger partial charge in [-0.15, -0.1) is 12.4 Å². The monoisotopic (exact) mass is 473 g/mol. The van der Waals surface area contributed by atoms with E-state index in [-0.39, 0.29) is 17.3 Å². The first-order valence-electron chi connectivity index (χ1n) is 9.90. The fraction of sp³-hybridized carbons (Fsp3) is 0.208. The van der Waals surface area contributed by atoms with Crippen molar-refractivity contribution in [3.63, 3.8) is 0 Å². The molecule has 0 saturated heterocycles. The van der Waals surface area contributed by atoms with Crippen LogP contribution in [0.15, 0.2) is 78.0 Å². The van der Waals surface area contributed by atoms with Crippen LogP contribution in [-0.4, -0.2) is 52.6 Å². The van der Waals surface area contributed by atoms with E-state index in [1.54, 1.807) is 43.8 Å². The summed E-state index contributed by atoms with van der Waals surface area (Å²) in [6.45, 7) is 0.902. The first-order valence-corrected chi connectivity index (χ1v) is 11.3. The van der Waals surface area contributed by atoms with E-state index < -0.39 is 10.0 Å². The van der Waals surface area contributed by atoms with Crippen LogP contribution in [0.2, 0.25) is 0 Å². The van der Waals surface area contributed by atoms with Gasteiger partial charge in [-0.05, 0) is 67.7 Å². The minimum absolute atomic E-state index is 0. The number of pyridine rings is 1. The first kappa shape index (κ1) is 25.4. The summed E-state index contributed by atoms with van der Waals surface area (Å²) >= 11 is 0. The predicted octanol–water partition coefficient (Wildman–Crippen LogP) is 4.44. The Hall–Kier alpha value is -2.87. The topological polar surface area (TPSA) is 62.7 Å². The van der Waals surface area contributed by atoms with E-state index in [0.29, 0.717) is 24.5 Å². The van der Waals surface area contributed by atoms with E-state index in [1.807, 2.05) is 67.5 Å². The second-order valence-corrected chi connectivity index (χ2v) is 9.09. The number of nitrogens with zero attached hydrogens (tertiary/aromatic N) is 3. The highest BCUT2D eigenvalue weighted by atomic mass is 35.5. The summed E-state index contributed by atoms with van der Waals surface area (Å²) in [6.07, 6.45) is 7.33. The number of hydrogen-bond acceptors (Lipinski definition) is 5. The number of ether oxygens (including phenoxy) is 1. The van der Waals surface area contributed by atoms with E-state index in [2.05, 4.69) is 4.98 Å². The summed E-state index contributed by atoms with van der Waals surface area (Å²) in [6, 6.07) is 17.8. The maximum Gasteiger partial charge on any atom is 0.264 e. The number of methoxy groups -OCH3 is 1. The van der Waals surface area contributed by atoms with Gasteiger partial charge in [-0.1, -0.05) is 30.4 Å². The molecule has 0 spiro atoms. The van der Waals surface area contributed by atoms with Gasteiger partial charge >= 0.3 is 0 Å². The number of likely N-dealkylation sites (N-methyl/N-ethyl adjacent to an activating group) is 1. The zero-order chi connectivity index (χ0) is 22.3. The highest BCUT2D eigenvalue weighted by molar-refractivity contribution is 7.92. The zero-order valence-electron chi connectivity index (χ0n) is 18.4. The lowest BCUT2D eigenvalue weighted by atomic mass is 10.1. The number of halogens is 1. The fourth-order valence-corrected chi connectivity index (χ4v) is 4.53. The molecule has 6 nitrogen and oxygen atoms in total. The molecule has 0 aliphatic heterocycles. The van der Waals surface area contributed by atoms with Crippen LogP contribution in [0.25, 0.3) is 12.2 Å². The molecule has 0 radical (unpaired) electrons. The van der Waals surface area contributed by atoms with Crippen molar-refractivity contribution < 1.29 is 13.2 Å². The molecule has 0 unspecified atom stereocenters. The van der Waals surface area contributed by atoms with Crippen LogP contribution < -0.4 is 9.04 Å². The molecule has 0 aliphatic carbocycles. The molecule has 170 valence electrons. The van der Waals surface area contributed by atoms with Gasteiger partial charge in [0.25, 0.3) is 10.0 Å². The van der Waals surface area contributed by atoms with Crippen LogP contribution in [0, 0.1) is 0 Å². The van der Waals surface area contributed by atoms with Crippen molar-refractivity contribution in [2.24, 2.45) is 0 Å². The summed E-state index contributed by atoms with van der Waals surface area (Å²) in [5.41, 5.74) is 2.43. The Kier molecular flexibility index (Phi) is 9.26. The minimum Gasteiger partial charge on any atom is -0.497 e. The van der Waals surface area contributed by atoms with Crippen LogP contribution in [-0.2, 0) is 10.0 Å². The van der Waals surface area contributed by atoms with Gasteiger partial charge in [0.2, 0.25) is 0 Å². The number of hydrogen-bond donors (Lipinski definition) is 0. The lowest BCUT2D eigenvalue weighted by molar-refractivity contribution is 0.414. The van der Waals surface area contributed by atoms with E-state index in [4.69, 9.17) is 4.74 Å². The quantitative estimate of drug-likeness (QED) is 0.459. The highest BCUT2D eigenvalue weighted by Gasteiger charge is 2.26. The average Bonchev–Trinajstić information content (AvgIpc) is 2.79. The van der Waals surface area contributed by atoms with E-state index >= 15 is 0 Å². The molecule has 0 bridgehead atoms. The second-order valence-electron chi connectivity index (χ2n) is 7.23. The number of anilines is 1. The van der Waals surface area contributed by atoms with Crippen LogP contribution in [0.5, 0.6) is 5.75 Å². The van der Waals surface area contributed by atoms with Crippen LogP contribution in [0.3, 0.4) is 0 Å². The molecule has 0 fully saturated rings. The molecular weight excluding hydrogens is 446 g/mol. The first-order chi connectivity index (χ1) is 14.9. The van der Waals surface area contributed by atoms with Gasteiger partial charge in [-0.3, -0.25) is 9.29 Å². The van der Waals surface area contributed by atoms with Gasteiger partial charge in [0, 0.05) is 25.5 Å². The third kappa shape index (κ3) is 6.32. The fourth-order valence-electron chi connectivity index (χ4n) is 3.05. The van der Waals surface area contributed by atoms with Crippen LogP contribution in [0.4, 0.5) is 5.69 Å². The maximum absolute atomic E-state index is 13.6. The molecule has 0 amide bonds. The normalized spacial score (nSPS) is 11.4. The van der Waals surface area contributed by atoms with Gasteiger partial charge in [0.15, 0.2) is 0 Å². The van der Waals surface area contributed by atoms with Crippen LogP contribution in [0.1, 0.15) is 11.1 Å². The zero-order valence-corrected chi connectivity index (χ0v) is 20.0. The molecule has 2 aromatic carbocycles. The number of para-hydroxylation sites is 1. The van der Waals surface area contributed by atoms with Crippen molar-refractivity contribution in [1.82, 2.24) is 9.88 Å². The molecule has 3 aromatic rings. The number of rotatable bonds is 9. The molecule has 0 aliphatic rings. The summed E-state index contributed by atoms with van der Waals surface area (Å²) < 4.78 is 33.9. The van der Waals surface area contributed by atoms with Gasteiger partial charge in [-0.25, -0.2) is 8.42 Å². The lowest BCUT2D eigenvalue weighted by Crippen LogP contribution is -2.37. The summed E-state index contributed by atoms with van der Waals surface area (Å²) in [4.78, 5) is 6.22. The Balaban J connectivity index is 0.00000363. The largest absolute Gasteiger partial charge is 0.497 e. The Morgan fingerprint density at radius 3 is 2.19 bits per heavy atom. The second kappa shape index (κ2) is 11.7. The number of benzene rings is 2. The average molecular weight is 474 g/mol. The Labute approximate surface area is 196 Å². The maximum atomic E-state index is 13.6. The molecule has 8 heteroatoms. The predicted molar refractivity (Wildman–Crippen MR) is 133 cm³/mol. The van der Waals surface area contributed by atoms with Gasteiger partial charge in [0.05, 0.1) is 17.7 Å². The Bertz CT molecular complexity index is 1120. The molecule has 1 heterocycles. The molecule has 1 aromatic heterocycles. The van der Waals surface area contributed by atoms with E-state index in [1.165, 1.54) is 4.31 Å². The molecule has 3 rings (SSSR count). The van der Waals surface area contributed by atoms with Crippen molar-refractivity contribution in [2.75, 3.05) is 38.6 Å². The standard InChI is InChI=1S/C24H27N3O3S.ClH/c1-26(2)18-19-27(31(28,29)23-12-10-22(30-3)11-13-23)24-7-5-4-6-21(24)9-8-20-14-16-25-17-15-20;/h4-17H,18-19H2,1-3H3;1H. The Morgan fingerprint density at radius 2 is 1.56 bits per heavy atom. The lowest BCUT2D eigenvalue weighted by Gasteiger charge is -2.27. The summed E-state index contributed by atoms with van der Waals surface area (Å²) in [5.74, 6) is 0.611. The van der Waals surface area contributed by atoms with Crippen molar-refractivity contribution >= 4 is 40.3 Å². The van der Waals surface area contributed by atoms with E-state index in [0.717, 1.165) is 11.1 Å². The SMILES string of the molecule is COc1ccc(S(=O)(=O)N(CCN(C)C)c2ccccc2C=Cc2ccncc2)cc1.Cl. The molecule has 0 saturated carbocycles. The van der Waals surface area contributed by atoms with Gasteiger partial charge in [0.1, 0.15) is 5.75 Å².